The van der Waals surface area contributed by atoms with Crippen molar-refractivity contribution in [2.75, 3.05) is 38.1 Å². The summed E-state index contributed by atoms with van der Waals surface area (Å²) in [4.78, 5) is 18.4. The molecule has 0 spiro atoms. The molecule has 3 rings (SSSR count). The molecule has 0 radical (unpaired) electrons. The Labute approximate surface area is 237 Å². The number of anilines is 1. The molecular weight excluding hydrogens is 523 g/mol. The highest BCUT2D eigenvalue weighted by Crippen LogP contribution is 2.37. The van der Waals surface area contributed by atoms with Crippen molar-refractivity contribution in [2.24, 2.45) is 5.92 Å². The third-order valence-corrected chi connectivity index (χ3v) is 7.99. The van der Waals surface area contributed by atoms with E-state index >= 15 is 0 Å². The first-order chi connectivity index (χ1) is 18.3. The van der Waals surface area contributed by atoms with Crippen LogP contribution in [0.3, 0.4) is 0 Å². The standard InChI is InChI=1S/C30H48F3N3O4/c1-27(2,3)39-25(37)21-11-15-35(16-12-21)24-19-23(30(31,32)33)10-9-22(24)20-34(8)29(7)13-17-36(18-14-29)26(38)40-28(4,5)6/h9-10,19,21,25,37H,11-18,20H2,1-8H3. The van der Waals surface area contributed by atoms with E-state index in [0.29, 0.717) is 51.3 Å². The molecule has 1 unspecified atom stereocenters. The fraction of sp³-hybridized carbons (Fsp3) is 0.767. The zero-order valence-corrected chi connectivity index (χ0v) is 25.4. The average Bonchev–Trinajstić information content (AvgIpc) is 2.82. The van der Waals surface area contributed by atoms with Crippen LogP contribution in [0.5, 0.6) is 0 Å². The highest BCUT2D eigenvalue weighted by atomic mass is 19.4. The monoisotopic (exact) mass is 571 g/mol. The van der Waals surface area contributed by atoms with Gasteiger partial charge in [0.25, 0.3) is 0 Å². The number of aliphatic hydroxyl groups is 1. The lowest BCUT2D eigenvalue weighted by Crippen LogP contribution is -2.53. The van der Waals surface area contributed by atoms with E-state index in [-0.39, 0.29) is 17.6 Å². The van der Waals surface area contributed by atoms with E-state index in [0.717, 1.165) is 24.5 Å². The first-order valence-corrected chi connectivity index (χ1v) is 14.3. The van der Waals surface area contributed by atoms with Gasteiger partial charge in [-0.15, -0.1) is 0 Å². The molecule has 0 aliphatic carbocycles. The Morgan fingerprint density at radius 2 is 1.62 bits per heavy atom. The van der Waals surface area contributed by atoms with E-state index < -0.39 is 29.2 Å². The van der Waals surface area contributed by atoms with Gasteiger partial charge < -0.3 is 24.4 Å². The van der Waals surface area contributed by atoms with Gasteiger partial charge in [0.15, 0.2) is 6.29 Å². The SMILES string of the molecule is CN(Cc1ccc(C(F)(F)F)cc1N1CCC(C(O)OC(C)(C)C)CC1)C1(C)CCN(C(=O)OC(C)(C)C)CC1. The number of rotatable bonds is 6. The average molecular weight is 572 g/mol. The minimum atomic E-state index is -4.44. The maximum Gasteiger partial charge on any atom is 0.416 e. The van der Waals surface area contributed by atoms with Crippen molar-refractivity contribution in [3.05, 3.63) is 29.3 Å². The molecule has 228 valence electrons. The molecule has 2 fully saturated rings. The predicted molar refractivity (Wildman–Crippen MR) is 150 cm³/mol. The number of carbonyl (C=O) groups is 1. The summed E-state index contributed by atoms with van der Waals surface area (Å²) in [6.45, 7) is 16.0. The van der Waals surface area contributed by atoms with Crippen LogP contribution < -0.4 is 4.90 Å². The number of alkyl halides is 3. The predicted octanol–water partition coefficient (Wildman–Crippen LogP) is 6.28. The normalized spacial score (nSPS) is 20.1. The molecule has 2 saturated heterocycles. The van der Waals surface area contributed by atoms with E-state index in [1.54, 1.807) is 11.0 Å². The molecule has 2 aliphatic rings. The second-order valence-corrected chi connectivity index (χ2v) is 13.6. The van der Waals surface area contributed by atoms with Crippen molar-refractivity contribution >= 4 is 11.8 Å². The number of hydrogen-bond donors (Lipinski definition) is 1. The minimum Gasteiger partial charge on any atom is -0.444 e. The number of halogens is 3. The van der Waals surface area contributed by atoms with Crippen LogP contribution in [0.1, 0.15) is 85.3 Å². The number of piperidine rings is 2. The molecule has 0 aromatic heterocycles. The molecule has 1 N–H and O–H groups in total. The Balaban J connectivity index is 1.72. The van der Waals surface area contributed by atoms with Gasteiger partial charge in [-0.3, -0.25) is 4.90 Å². The van der Waals surface area contributed by atoms with Gasteiger partial charge in [0.1, 0.15) is 5.60 Å². The third kappa shape index (κ3) is 8.73. The van der Waals surface area contributed by atoms with Crippen molar-refractivity contribution in [1.82, 2.24) is 9.80 Å². The van der Waals surface area contributed by atoms with Crippen LogP contribution in [-0.4, -0.2) is 77.3 Å². The molecule has 1 aromatic carbocycles. The summed E-state index contributed by atoms with van der Waals surface area (Å²) in [6.07, 6.45) is -2.94. The molecule has 40 heavy (non-hydrogen) atoms. The van der Waals surface area contributed by atoms with E-state index in [2.05, 4.69) is 11.8 Å². The van der Waals surface area contributed by atoms with E-state index in [9.17, 15) is 23.1 Å². The summed E-state index contributed by atoms with van der Waals surface area (Å²) in [5, 5.41) is 10.5. The molecule has 0 bridgehead atoms. The van der Waals surface area contributed by atoms with Gasteiger partial charge in [0.2, 0.25) is 0 Å². The fourth-order valence-corrected chi connectivity index (χ4v) is 5.38. The lowest BCUT2D eigenvalue weighted by molar-refractivity contribution is -0.194. The second kappa shape index (κ2) is 12.1. The molecule has 7 nitrogen and oxygen atoms in total. The van der Waals surface area contributed by atoms with Gasteiger partial charge >= 0.3 is 12.3 Å². The first kappa shape index (κ1) is 32.5. The zero-order valence-electron chi connectivity index (χ0n) is 25.4. The maximum atomic E-state index is 13.7. The van der Waals surface area contributed by atoms with Gasteiger partial charge in [-0.25, -0.2) is 4.79 Å². The zero-order chi connectivity index (χ0) is 30.1. The van der Waals surface area contributed by atoms with Crippen LogP contribution in [0.2, 0.25) is 0 Å². The Morgan fingerprint density at radius 1 is 1.05 bits per heavy atom. The number of likely N-dealkylation sites (tertiary alicyclic amines) is 1. The molecular formula is C30H48F3N3O4. The lowest BCUT2D eigenvalue weighted by Gasteiger charge is -2.46. The summed E-state index contributed by atoms with van der Waals surface area (Å²) in [5.74, 6) is -0.0681. The van der Waals surface area contributed by atoms with Crippen LogP contribution in [-0.2, 0) is 22.2 Å². The van der Waals surface area contributed by atoms with Crippen LogP contribution in [0.4, 0.5) is 23.7 Å². The number of hydrogen-bond acceptors (Lipinski definition) is 6. The summed E-state index contributed by atoms with van der Waals surface area (Å²) < 4.78 is 52.3. The van der Waals surface area contributed by atoms with Crippen molar-refractivity contribution in [2.45, 2.75) is 110 Å². The van der Waals surface area contributed by atoms with Crippen molar-refractivity contribution in [1.29, 1.82) is 0 Å². The maximum absolute atomic E-state index is 13.7. The summed E-state index contributed by atoms with van der Waals surface area (Å²) >= 11 is 0. The summed E-state index contributed by atoms with van der Waals surface area (Å²) in [7, 11) is 2.00. The van der Waals surface area contributed by atoms with Crippen LogP contribution in [0, 0.1) is 5.92 Å². The van der Waals surface area contributed by atoms with Gasteiger partial charge in [-0.1, -0.05) is 6.07 Å². The van der Waals surface area contributed by atoms with Gasteiger partial charge in [-0.05, 0) is 98.9 Å². The van der Waals surface area contributed by atoms with E-state index in [1.165, 1.54) is 6.07 Å². The van der Waals surface area contributed by atoms with Crippen LogP contribution in [0.15, 0.2) is 18.2 Å². The Kier molecular flexibility index (Phi) is 9.79. The van der Waals surface area contributed by atoms with Crippen molar-refractivity contribution in [3.8, 4) is 0 Å². The number of amides is 1. The molecule has 2 heterocycles. The molecule has 1 atom stereocenters. The highest BCUT2D eigenvalue weighted by molar-refractivity contribution is 5.68. The Hall–Kier alpha value is -2.04. The molecule has 10 heteroatoms. The number of aliphatic hydroxyl groups excluding tert-OH is 1. The molecule has 1 amide bonds. The fourth-order valence-electron chi connectivity index (χ4n) is 5.38. The minimum absolute atomic E-state index is 0.0681. The summed E-state index contributed by atoms with van der Waals surface area (Å²) in [5.41, 5.74) is -0.505. The van der Waals surface area contributed by atoms with Crippen LogP contribution in [0.25, 0.3) is 0 Å². The van der Waals surface area contributed by atoms with Crippen molar-refractivity contribution in [3.63, 3.8) is 0 Å². The van der Waals surface area contributed by atoms with Crippen molar-refractivity contribution < 1.29 is 32.5 Å². The van der Waals surface area contributed by atoms with Gasteiger partial charge in [0.05, 0.1) is 11.2 Å². The van der Waals surface area contributed by atoms with Gasteiger partial charge in [-0.2, -0.15) is 13.2 Å². The largest absolute Gasteiger partial charge is 0.444 e. The lowest BCUT2D eigenvalue weighted by atomic mass is 9.87. The molecule has 0 saturated carbocycles. The quantitative estimate of drug-likeness (QED) is 0.406. The number of ether oxygens (including phenoxy) is 2. The molecule has 1 aromatic rings. The number of carbonyl (C=O) groups excluding carboxylic acids is 1. The van der Waals surface area contributed by atoms with E-state index in [4.69, 9.17) is 9.47 Å². The van der Waals surface area contributed by atoms with E-state index in [1.807, 2.05) is 53.5 Å². The summed E-state index contributed by atoms with van der Waals surface area (Å²) in [6, 6.07) is 4.02. The first-order valence-electron chi connectivity index (χ1n) is 14.3. The van der Waals surface area contributed by atoms with Gasteiger partial charge in [0, 0.05) is 49.9 Å². The topological polar surface area (TPSA) is 65.5 Å². The Bertz CT molecular complexity index is 1000. The Morgan fingerprint density at radius 3 is 2.12 bits per heavy atom. The molecule has 2 aliphatic heterocycles. The number of benzene rings is 1. The number of nitrogens with zero attached hydrogens (tertiary/aromatic N) is 3. The smallest absolute Gasteiger partial charge is 0.416 e. The highest BCUT2D eigenvalue weighted by Gasteiger charge is 2.38. The van der Waals surface area contributed by atoms with Crippen LogP contribution >= 0.6 is 0 Å². The third-order valence-electron chi connectivity index (χ3n) is 7.99. The second-order valence-electron chi connectivity index (χ2n) is 13.6.